The van der Waals surface area contributed by atoms with Crippen LogP contribution < -0.4 is 9.79 Å². The summed E-state index contributed by atoms with van der Waals surface area (Å²) < 4.78 is 18.5. The summed E-state index contributed by atoms with van der Waals surface area (Å²) in [5, 5.41) is 0. The normalized spacial score (nSPS) is 11.3. The zero-order chi connectivity index (χ0) is 14.7. The zero-order valence-corrected chi connectivity index (χ0v) is 18.1. The van der Waals surface area contributed by atoms with Gasteiger partial charge in [-0.15, -0.1) is 0 Å². The smallest absolute Gasteiger partial charge is 0.780 e. The predicted octanol–water partition coefficient (Wildman–Crippen LogP) is 1.29. The Labute approximate surface area is 138 Å². The molecule has 0 atom stereocenters. The third-order valence-corrected chi connectivity index (χ3v) is 4.71. The van der Waals surface area contributed by atoms with E-state index in [0.717, 1.165) is 0 Å². The molecule has 0 saturated heterocycles. The van der Waals surface area contributed by atoms with Crippen molar-refractivity contribution in [2.45, 2.75) is 27.7 Å². The van der Waals surface area contributed by atoms with E-state index in [2.05, 4.69) is 41.7 Å². The first-order valence-electron chi connectivity index (χ1n) is 5.44. The molecule has 112 valence electrons. The monoisotopic (exact) mass is 402 g/mol. The van der Waals surface area contributed by atoms with E-state index in [-0.39, 0.29) is 19.5 Å². The first-order chi connectivity index (χ1) is 8.24. The van der Waals surface area contributed by atoms with Crippen molar-refractivity contribution in [3.8, 4) is 0 Å². The summed E-state index contributed by atoms with van der Waals surface area (Å²) >= 11 is 8.91. The van der Waals surface area contributed by atoms with E-state index in [1.807, 2.05) is 0 Å². The van der Waals surface area contributed by atoms with Crippen LogP contribution in [0.5, 0.6) is 0 Å². The molecule has 0 N–H and O–H groups in total. The summed E-state index contributed by atoms with van der Waals surface area (Å²) in [6.07, 6.45) is 0. The molecular formula is C8H20O6P2S2Zn. The molecule has 6 nitrogen and oxygen atoms in total. The fourth-order valence-electron chi connectivity index (χ4n) is 0.707. The Morgan fingerprint density at radius 3 is 0.947 bits per heavy atom. The van der Waals surface area contributed by atoms with Gasteiger partial charge in [-0.3, -0.25) is 0 Å². The molecule has 0 aromatic carbocycles. The van der Waals surface area contributed by atoms with Gasteiger partial charge in [0, 0.05) is 0 Å². The summed E-state index contributed by atoms with van der Waals surface area (Å²) in [5.41, 5.74) is 0. The van der Waals surface area contributed by atoms with E-state index in [9.17, 15) is 9.79 Å². The maximum atomic E-state index is 10.8. The minimum atomic E-state index is -3.11. The third kappa shape index (κ3) is 19.7. The number of hydrogen-bond donors (Lipinski definition) is 0. The van der Waals surface area contributed by atoms with Crippen LogP contribution in [0.2, 0.25) is 0 Å². The van der Waals surface area contributed by atoms with Gasteiger partial charge < -0.3 is 27.9 Å². The maximum Gasteiger partial charge on any atom is 2.00 e. The van der Waals surface area contributed by atoms with E-state index in [1.54, 1.807) is 27.7 Å². The average molecular weight is 404 g/mol. The van der Waals surface area contributed by atoms with Crippen molar-refractivity contribution >= 4 is 37.1 Å². The molecule has 0 fully saturated rings. The maximum absolute atomic E-state index is 10.8. The van der Waals surface area contributed by atoms with Gasteiger partial charge in [-0.25, -0.2) is 0 Å². The van der Waals surface area contributed by atoms with Gasteiger partial charge in [0.2, 0.25) is 0 Å². The van der Waals surface area contributed by atoms with Gasteiger partial charge in [0.1, 0.15) is 13.4 Å². The van der Waals surface area contributed by atoms with E-state index in [1.165, 1.54) is 0 Å². The minimum Gasteiger partial charge on any atom is -0.780 e. The minimum absolute atomic E-state index is 0. The van der Waals surface area contributed by atoms with Crippen LogP contribution in [-0.2, 0) is 61.2 Å². The summed E-state index contributed by atoms with van der Waals surface area (Å²) in [4.78, 5) is 21.6. The first-order valence-corrected chi connectivity index (χ1v) is 10.6. The summed E-state index contributed by atoms with van der Waals surface area (Å²) in [7, 11) is 0. The Balaban J connectivity index is -0.000000256. The van der Waals surface area contributed by atoms with Crippen molar-refractivity contribution in [1.29, 1.82) is 0 Å². The van der Waals surface area contributed by atoms with E-state index in [4.69, 9.17) is 0 Å². The second-order valence-electron chi connectivity index (χ2n) is 2.57. The van der Waals surface area contributed by atoms with E-state index >= 15 is 0 Å². The second-order valence-corrected chi connectivity index (χ2v) is 8.07. The molecule has 0 aromatic heterocycles. The summed E-state index contributed by atoms with van der Waals surface area (Å²) in [6, 6.07) is 0. The predicted molar refractivity (Wildman–Crippen MR) is 75.1 cm³/mol. The van der Waals surface area contributed by atoms with E-state index in [0.29, 0.717) is 26.4 Å². The van der Waals surface area contributed by atoms with Crippen molar-refractivity contribution in [3.63, 3.8) is 0 Å². The Hall–Kier alpha value is 1.68. The number of rotatable bonds is 8. The van der Waals surface area contributed by atoms with Crippen molar-refractivity contribution in [1.82, 2.24) is 0 Å². The molecule has 0 amide bonds. The largest absolute Gasteiger partial charge is 2.00 e. The van der Waals surface area contributed by atoms with Gasteiger partial charge in [0.05, 0.1) is 26.4 Å². The van der Waals surface area contributed by atoms with Crippen LogP contribution >= 0.6 is 13.4 Å². The topological polar surface area (TPSA) is 83.0 Å². The standard InChI is InChI=1S/2C4H11O3PS.Zn/c2*1-3-6-8(5,9)7-4-2;/h2*3-4H2,1-2H3,(H,5,9);/q;;+2/p-2. The fourth-order valence-corrected chi connectivity index (χ4v) is 3.39. The van der Waals surface area contributed by atoms with Crippen molar-refractivity contribution in [2.24, 2.45) is 0 Å². The Morgan fingerprint density at radius 1 is 0.684 bits per heavy atom. The molecule has 0 aliphatic carbocycles. The van der Waals surface area contributed by atoms with Gasteiger partial charge >= 0.3 is 19.5 Å². The Kier molecular flexibility index (Phi) is 19.7. The molecule has 11 heteroatoms. The van der Waals surface area contributed by atoms with Crippen molar-refractivity contribution in [2.75, 3.05) is 26.4 Å². The molecule has 0 spiro atoms. The molecule has 0 radical (unpaired) electrons. The van der Waals surface area contributed by atoms with Crippen LogP contribution in [0, 0.1) is 0 Å². The van der Waals surface area contributed by atoms with Gasteiger partial charge in [-0.2, -0.15) is 0 Å². The molecule has 0 aliphatic rings. The van der Waals surface area contributed by atoms with Crippen molar-refractivity contribution in [3.05, 3.63) is 0 Å². The van der Waals surface area contributed by atoms with Crippen molar-refractivity contribution < 1.29 is 47.4 Å². The van der Waals surface area contributed by atoms with Crippen LogP contribution in [0.3, 0.4) is 0 Å². The molecule has 0 heterocycles. The molecule has 0 unspecified atom stereocenters. The van der Waals surface area contributed by atoms with Crippen LogP contribution in [0.1, 0.15) is 27.7 Å². The molecule has 19 heavy (non-hydrogen) atoms. The molecule has 0 saturated carbocycles. The molecule has 0 aliphatic heterocycles. The zero-order valence-electron chi connectivity index (χ0n) is 11.7. The fraction of sp³-hybridized carbons (Fsp3) is 1.00. The third-order valence-electron chi connectivity index (χ3n) is 1.15. The van der Waals surface area contributed by atoms with Gasteiger partial charge in [0.15, 0.2) is 0 Å². The number of hydrogen-bond acceptors (Lipinski definition) is 8. The summed E-state index contributed by atoms with van der Waals surface area (Å²) in [5.74, 6) is 0. The molecule has 0 bridgehead atoms. The first kappa shape index (κ1) is 25.6. The Bertz CT molecular complexity index is 246. The molecular weight excluding hydrogens is 384 g/mol. The molecule has 0 aromatic rings. The van der Waals surface area contributed by atoms with Crippen LogP contribution in [0.4, 0.5) is 0 Å². The average Bonchev–Trinajstić information content (AvgIpc) is 2.17. The van der Waals surface area contributed by atoms with Gasteiger partial charge in [0.25, 0.3) is 0 Å². The summed E-state index contributed by atoms with van der Waals surface area (Å²) in [6.45, 7) is 2.00. The second kappa shape index (κ2) is 14.6. The quantitative estimate of drug-likeness (QED) is 0.443. The Morgan fingerprint density at radius 2 is 0.842 bits per heavy atom. The van der Waals surface area contributed by atoms with Gasteiger partial charge in [-0.05, 0) is 27.7 Å². The van der Waals surface area contributed by atoms with Gasteiger partial charge in [-0.1, -0.05) is 23.6 Å². The van der Waals surface area contributed by atoms with Crippen LogP contribution in [0.25, 0.3) is 0 Å². The van der Waals surface area contributed by atoms with Crippen LogP contribution in [-0.4, -0.2) is 26.4 Å². The SMILES string of the molecule is CCOP([O-])(=S)OCC.CCOP([O-])(=S)OCC.[Zn+2]. The van der Waals surface area contributed by atoms with Crippen LogP contribution in [0.15, 0.2) is 0 Å². The molecule has 0 rings (SSSR count). The van der Waals surface area contributed by atoms with E-state index < -0.39 is 13.4 Å².